The van der Waals surface area contributed by atoms with Crippen LogP contribution in [-0.2, 0) is 13.0 Å². The molecule has 2 bridgehead atoms. The molecule has 0 unspecified atom stereocenters. The first-order valence-corrected chi connectivity index (χ1v) is 15.3. The Kier molecular flexibility index (Phi) is 6.11. The highest BCUT2D eigenvalue weighted by Gasteiger charge is 2.49. The maximum Gasteiger partial charge on any atom is 0.316 e. The van der Waals surface area contributed by atoms with Crippen molar-refractivity contribution in [3.8, 4) is 11.8 Å². The predicted molar refractivity (Wildman–Crippen MR) is 153 cm³/mol. The highest BCUT2D eigenvalue weighted by atomic mass is 19.1. The van der Waals surface area contributed by atoms with Crippen molar-refractivity contribution in [2.24, 2.45) is 0 Å². The van der Waals surface area contributed by atoms with Gasteiger partial charge in [0.15, 0.2) is 0 Å². The van der Waals surface area contributed by atoms with Crippen molar-refractivity contribution in [1.82, 2.24) is 20.2 Å². The molecule has 1 aromatic heterocycles. The van der Waals surface area contributed by atoms with Gasteiger partial charge in [-0.3, -0.25) is 4.90 Å². The summed E-state index contributed by atoms with van der Waals surface area (Å²) in [5.74, 6) is 0.162. The van der Waals surface area contributed by atoms with Crippen LogP contribution in [0.4, 0.5) is 14.5 Å². The summed E-state index contributed by atoms with van der Waals surface area (Å²) in [6.45, 7) is 2.97. The van der Waals surface area contributed by atoms with E-state index < -0.39 is 6.17 Å². The number of hydrogen-bond donors (Lipinski definition) is 2. The average Bonchev–Trinajstić information content (AvgIpc) is 3.61. The van der Waals surface area contributed by atoms with Gasteiger partial charge in [-0.15, -0.1) is 0 Å². The molecule has 8 rings (SSSR count). The molecule has 5 atom stereocenters. The third-order valence-electron chi connectivity index (χ3n) is 10.4. The first-order chi connectivity index (χ1) is 19.9. The third-order valence-corrected chi connectivity index (χ3v) is 10.4. The molecule has 0 amide bonds. The number of hydrogen-bond acceptors (Lipinski definition) is 7. The van der Waals surface area contributed by atoms with Gasteiger partial charge in [0.05, 0.1) is 29.2 Å². The van der Waals surface area contributed by atoms with Crippen molar-refractivity contribution in [3.63, 3.8) is 0 Å². The van der Waals surface area contributed by atoms with Gasteiger partial charge in [0.1, 0.15) is 24.3 Å². The number of nitrogens with one attached hydrogen (secondary N) is 1. The molecule has 2 N–H and O–H groups in total. The molecule has 2 aromatic carbocycles. The number of aromatic nitrogens is 2. The first kappa shape index (κ1) is 25.7. The Labute approximate surface area is 238 Å². The Morgan fingerprint density at radius 2 is 1.98 bits per heavy atom. The number of piperidine rings is 1. The molecule has 5 aliphatic rings. The molecule has 5 aliphatic heterocycles. The molecule has 6 heterocycles. The average molecular weight is 562 g/mol. The van der Waals surface area contributed by atoms with Crippen LogP contribution in [0.3, 0.4) is 0 Å². The maximum absolute atomic E-state index is 15.1. The van der Waals surface area contributed by atoms with E-state index in [9.17, 15) is 9.50 Å². The SMILES string of the molecule is Oc1cc(N2CCc3c(nc(OC[C@@]45CCCN4C[C@H](F)C5)nc3[C@@H]3C[C@H]4CC[C@@H](C3)N4)C2)c2c(F)cccc2c1. The Morgan fingerprint density at radius 1 is 1.12 bits per heavy atom. The number of fused-ring (bicyclic) bond motifs is 5. The van der Waals surface area contributed by atoms with E-state index in [1.54, 1.807) is 18.2 Å². The quantitative estimate of drug-likeness (QED) is 0.455. The number of nitrogens with zero attached hydrogens (tertiary/aromatic N) is 4. The van der Waals surface area contributed by atoms with Gasteiger partial charge in [-0.25, -0.2) is 8.78 Å². The van der Waals surface area contributed by atoms with Crippen LogP contribution in [0.1, 0.15) is 67.8 Å². The van der Waals surface area contributed by atoms with E-state index in [2.05, 4.69) is 15.1 Å². The van der Waals surface area contributed by atoms with E-state index in [0.717, 1.165) is 50.0 Å². The fourth-order valence-corrected chi connectivity index (χ4v) is 8.57. The zero-order chi connectivity index (χ0) is 27.7. The van der Waals surface area contributed by atoms with Crippen LogP contribution in [0.2, 0.25) is 0 Å². The highest BCUT2D eigenvalue weighted by molar-refractivity contribution is 5.96. The van der Waals surface area contributed by atoms with Crippen LogP contribution >= 0.6 is 0 Å². The van der Waals surface area contributed by atoms with Crippen molar-refractivity contribution in [2.45, 2.75) is 87.6 Å². The van der Waals surface area contributed by atoms with E-state index in [-0.39, 0.29) is 17.1 Å². The standard InChI is InChI=1S/C32H37F2N5O2/c33-21-15-32(8-2-9-39(32)16-21)18-41-31-36-27-17-38(28-14-24(40)13-19-3-1-4-26(34)29(19)28)10-7-25(27)30(37-31)20-11-22-5-6-23(12-20)35-22/h1,3-4,13-14,20-23,35,40H,2,5-12,15-18H2/t20-,21-,22-,23+,32+/m1/s1. The maximum atomic E-state index is 15.1. The molecule has 3 aromatic rings. The lowest BCUT2D eigenvalue weighted by Crippen LogP contribution is -2.43. The van der Waals surface area contributed by atoms with Gasteiger partial charge in [0, 0.05) is 49.0 Å². The zero-order valence-corrected chi connectivity index (χ0v) is 23.3. The molecule has 216 valence electrons. The minimum absolute atomic E-state index is 0.115. The van der Waals surface area contributed by atoms with Crippen molar-refractivity contribution in [2.75, 3.05) is 31.1 Å². The van der Waals surface area contributed by atoms with Crippen LogP contribution in [0.15, 0.2) is 30.3 Å². The van der Waals surface area contributed by atoms with E-state index >= 15 is 4.39 Å². The normalized spacial score (nSPS) is 31.0. The second kappa shape index (κ2) is 9.76. The smallest absolute Gasteiger partial charge is 0.316 e. The van der Waals surface area contributed by atoms with Crippen LogP contribution < -0.4 is 15.0 Å². The monoisotopic (exact) mass is 561 g/mol. The number of phenolic OH excluding ortho intramolecular Hbond substituents is 1. The number of ether oxygens (including phenoxy) is 1. The van der Waals surface area contributed by atoms with E-state index in [1.165, 1.54) is 24.5 Å². The van der Waals surface area contributed by atoms with Gasteiger partial charge < -0.3 is 20.1 Å². The largest absolute Gasteiger partial charge is 0.508 e. The van der Waals surface area contributed by atoms with Gasteiger partial charge in [-0.2, -0.15) is 9.97 Å². The number of anilines is 1. The zero-order valence-electron chi connectivity index (χ0n) is 23.3. The van der Waals surface area contributed by atoms with E-state index in [1.807, 2.05) is 6.07 Å². The van der Waals surface area contributed by atoms with Gasteiger partial charge in [-0.05, 0) is 74.6 Å². The molecule has 9 heteroatoms. The second-order valence-corrected chi connectivity index (χ2v) is 13.0. The van der Waals surface area contributed by atoms with Gasteiger partial charge in [0.25, 0.3) is 0 Å². The lowest BCUT2D eigenvalue weighted by molar-refractivity contribution is 0.106. The van der Waals surface area contributed by atoms with Crippen molar-refractivity contribution in [3.05, 3.63) is 53.1 Å². The second-order valence-electron chi connectivity index (χ2n) is 13.0. The molecule has 4 fully saturated rings. The summed E-state index contributed by atoms with van der Waals surface area (Å²) in [4.78, 5) is 14.4. The number of benzene rings is 2. The fourth-order valence-electron chi connectivity index (χ4n) is 8.57. The number of rotatable bonds is 5. The molecule has 0 spiro atoms. The number of aromatic hydroxyl groups is 1. The summed E-state index contributed by atoms with van der Waals surface area (Å²) in [5.41, 5.74) is 3.61. The Morgan fingerprint density at radius 3 is 2.83 bits per heavy atom. The molecule has 7 nitrogen and oxygen atoms in total. The minimum atomic E-state index is -0.810. The van der Waals surface area contributed by atoms with E-state index in [0.29, 0.717) is 73.1 Å². The van der Waals surface area contributed by atoms with Crippen molar-refractivity contribution < 1.29 is 18.6 Å². The Bertz CT molecular complexity index is 1490. The molecular formula is C32H37F2N5O2. The lowest BCUT2D eigenvalue weighted by atomic mass is 9.85. The molecular weight excluding hydrogens is 524 g/mol. The van der Waals surface area contributed by atoms with Crippen molar-refractivity contribution >= 4 is 16.5 Å². The summed E-state index contributed by atoms with van der Waals surface area (Å²) in [6, 6.07) is 9.66. The summed E-state index contributed by atoms with van der Waals surface area (Å²) >= 11 is 0. The molecule has 0 aliphatic carbocycles. The molecule has 4 saturated heterocycles. The minimum Gasteiger partial charge on any atom is -0.508 e. The topological polar surface area (TPSA) is 73.8 Å². The number of alkyl halides is 1. The number of halogens is 2. The van der Waals surface area contributed by atoms with Gasteiger partial charge in [0.2, 0.25) is 0 Å². The van der Waals surface area contributed by atoms with E-state index in [4.69, 9.17) is 14.7 Å². The van der Waals surface area contributed by atoms with Crippen LogP contribution in [-0.4, -0.2) is 70.0 Å². The van der Waals surface area contributed by atoms with Gasteiger partial charge >= 0.3 is 6.01 Å². The lowest BCUT2D eigenvalue weighted by Gasteiger charge is -2.35. The molecule has 0 saturated carbocycles. The summed E-state index contributed by atoms with van der Waals surface area (Å²) in [6.07, 6.45) is 6.99. The van der Waals surface area contributed by atoms with Crippen LogP contribution in [0.25, 0.3) is 10.8 Å². The molecule has 0 radical (unpaired) electrons. The predicted octanol–water partition coefficient (Wildman–Crippen LogP) is 4.99. The van der Waals surface area contributed by atoms with Gasteiger partial charge in [-0.1, -0.05) is 12.1 Å². The van der Waals surface area contributed by atoms with Crippen molar-refractivity contribution in [1.29, 1.82) is 0 Å². The highest BCUT2D eigenvalue weighted by Crippen LogP contribution is 2.43. The molecule has 41 heavy (non-hydrogen) atoms. The fraction of sp³-hybridized carbons (Fsp3) is 0.562. The third kappa shape index (κ3) is 4.43. The summed E-state index contributed by atoms with van der Waals surface area (Å²) < 4.78 is 35.9. The number of phenols is 1. The first-order valence-electron chi connectivity index (χ1n) is 15.3. The summed E-state index contributed by atoms with van der Waals surface area (Å²) in [7, 11) is 0. The van der Waals surface area contributed by atoms with Crippen LogP contribution in [0, 0.1) is 5.82 Å². The van der Waals surface area contributed by atoms with Crippen LogP contribution in [0.5, 0.6) is 11.8 Å². The Balaban J connectivity index is 1.15. The summed E-state index contributed by atoms with van der Waals surface area (Å²) in [5, 5.41) is 15.4. The Hall–Kier alpha value is -3.04.